The summed E-state index contributed by atoms with van der Waals surface area (Å²) in [4.78, 5) is 15.3. The van der Waals surface area contributed by atoms with Crippen molar-refractivity contribution < 1.29 is 13.2 Å². The molecule has 0 saturated heterocycles. The number of hydrogen-bond acceptors (Lipinski definition) is 4. The summed E-state index contributed by atoms with van der Waals surface area (Å²) in [7, 11) is -3.69. The van der Waals surface area contributed by atoms with Gasteiger partial charge in [-0.15, -0.1) is 0 Å². The second kappa shape index (κ2) is 10.2. The monoisotopic (exact) mass is 468 g/mol. The molecular weight excluding hydrogens is 440 g/mol. The Balaban J connectivity index is 1.92. The predicted octanol–water partition coefficient (Wildman–Crippen LogP) is 5.64. The Morgan fingerprint density at radius 2 is 1.62 bits per heavy atom. The normalized spacial score (nSPS) is 12.2. The predicted molar refractivity (Wildman–Crippen MR) is 133 cm³/mol. The van der Waals surface area contributed by atoms with Crippen LogP contribution in [0.4, 0.5) is 11.4 Å². The molecule has 7 heteroatoms. The number of benzene rings is 3. The molecule has 0 radical (unpaired) electrons. The minimum absolute atomic E-state index is 0.333. The van der Waals surface area contributed by atoms with E-state index in [0.717, 1.165) is 27.2 Å². The number of nitrogens with zero attached hydrogens (tertiary/aromatic N) is 1. The van der Waals surface area contributed by atoms with E-state index < -0.39 is 16.1 Å². The number of para-hydroxylation sites is 1. The first-order valence-corrected chi connectivity index (χ1v) is 13.1. The number of carbonyl (C=O) groups is 1. The third-order valence-corrected chi connectivity index (χ3v) is 7.45. The lowest BCUT2D eigenvalue weighted by atomic mass is 10.1. The summed E-state index contributed by atoms with van der Waals surface area (Å²) in [5, 5.41) is 2.96. The fourth-order valence-electron chi connectivity index (χ4n) is 3.41. The standard InChI is InChI=1S/C25H28N2O3S2/c1-5-23(27(32(4,29)30)20-16-15-18(2)19(3)17-20)25(28)26-22-13-9-10-14-24(22)31-21-11-7-6-8-12-21/h6-17,23H,5H2,1-4H3,(H,26,28)/t23-/m1/s1. The van der Waals surface area contributed by atoms with Gasteiger partial charge in [-0.1, -0.05) is 55.1 Å². The van der Waals surface area contributed by atoms with Crippen LogP contribution in [0, 0.1) is 13.8 Å². The molecule has 1 N–H and O–H groups in total. The van der Waals surface area contributed by atoms with E-state index in [2.05, 4.69) is 5.32 Å². The van der Waals surface area contributed by atoms with E-state index in [4.69, 9.17) is 0 Å². The summed E-state index contributed by atoms with van der Waals surface area (Å²) in [6.45, 7) is 5.71. The maximum atomic E-state index is 13.3. The first-order valence-electron chi connectivity index (χ1n) is 10.4. The van der Waals surface area contributed by atoms with Crippen molar-refractivity contribution in [2.45, 2.75) is 43.0 Å². The molecule has 0 aliphatic heterocycles. The first-order chi connectivity index (χ1) is 15.2. The highest BCUT2D eigenvalue weighted by molar-refractivity contribution is 7.99. The second-order valence-corrected chi connectivity index (χ2v) is 10.6. The van der Waals surface area contributed by atoms with Crippen molar-refractivity contribution >= 4 is 39.1 Å². The molecule has 0 heterocycles. The summed E-state index contributed by atoms with van der Waals surface area (Å²) in [5.74, 6) is -0.364. The topological polar surface area (TPSA) is 66.5 Å². The van der Waals surface area contributed by atoms with Gasteiger partial charge in [0, 0.05) is 9.79 Å². The molecule has 3 rings (SSSR count). The van der Waals surface area contributed by atoms with Crippen molar-refractivity contribution in [3.05, 3.63) is 83.9 Å². The minimum atomic E-state index is -3.69. The van der Waals surface area contributed by atoms with E-state index in [9.17, 15) is 13.2 Å². The SMILES string of the molecule is CC[C@H](C(=O)Nc1ccccc1Sc1ccccc1)N(c1ccc(C)c(C)c1)S(C)(=O)=O. The lowest BCUT2D eigenvalue weighted by molar-refractivity contribution is -0.117. The third-order valence-electron chi connectivity index (χ3n) is 5.19. The molecule has 0 fully saturated rings. The Kier molecular flexibility index (Phi) is 7.64. The second-order valence-electron chi connectivity index (χ2n) is 7.65. The molecule has 0 aromatic heterocycles. The van der Waals surface area contributed by atoms with Gasteiger partial charge >= 0.3 is 0 Å². The van der Waals surface area contributed by atoms with Crippen LogP contribution in [-0.4, -0.2) is 26.6 Å². The van der Waals surface area contributed by atoms with E-state index in [-0.39, 0.29) is 5.91 Å². The lowest BCUT2D eigenvalue weighted by Crippen LogP contribution is -2.47. The molecule has 0 saturated carbocycles. The van der Waals surface area contributed by atoms with Gasteiger partial charge in [0.05, 0.1) is 17.6 Å². The van der Waals surface area contributed by atoms with Crippen LogP contribution in [0.2, 0.25) is 0 Å². The minimum Gasteiger partial charge on any atom is -0.323 e. The average molecular weight is 469 g/mol. The van der Waals surface area contributed by atoms with Gasteiger partial charge in [0.1, 0.15) is 6.04 Å². The molecule has 5 nitrogen and oxygen atoms in total. The van der Waals surface area contributed by atoms with Crippen LogP contribution in [0.15, 0.2) is 82.6 Å². The maximum absolute atomic E-state index is 13.3. The largest absolute Gasteiger partial charge is 0.323 e. The molecule has 0 unspecified atom stereocenters. The molecule has 0 bridgehead atoms. The lowest BCUT2D eigenvalue weighted by Gasteiger charge is -2.30. The number of anilines is 2. The molecule has 0 spiro atoms. The van der Waals surface area contributed by atoms with Gasteiger partial charge in [-0.25, -0.2) is 8.42 Å². The average Bonchev–Trinajstić information content (AvgIpc) is 2.75. The molecule has 0 aliphatic rings. The highest BCUT2D eigenvalue weighted by Gasteiger charge is 2.32. The van der Waals surface area contributed by atoms with Gasteiger partial charge < -0.3 is 5.32 Å². The van der Waals surface area contributed by atoms with Crippen LogP contribution in [0.1, 0.15) is 24.5 Å². The van der Waals surface area contributed by atoms with E-state index in [1.807, 2.05) is 87.5 Å². The van der Waals surface area contributed by atoms with Crippen LogP contribution in [0.5, 0.6) is 0 Å². The number of carbonyl (C=O) groups excluding carboxylic acids is 1. The van der Waals surface area contributed by atoms with E-state index in [1.165, 1.54) is 4.31 Å². The van der Waals surface area contributed by atoms with Crippen molar-refractivity contribution in [3.8, 4) is 0 Å². The van der Waals surface area contributed by atoms with Gasteiger partial charge in [0.25, 0.3) is 0 Å². The highest BCUT2D eigenvalue weighted by Crippen LogP contribution is 2.34. The molecule has 0 aliphatic carbocycles. The quantitative estimate of drug-likeness (QED) is 0.465. The van der Waals surface area contributed by atoms with Gasteiger partial charge in [-0.05, 0) is 67.8 Å². The summed E-state index contributed by atoms with van der Waals surface area (Å²) in [6.07, 6.45) is 1.47. The molecule has 3 aromatic rings. The van der Waals surface area contributed by atoms with Gasteiger partial charge in [-0.3, -0.25) is 9.10 Å². The fraction of sp³-hybridized carbons (Fsp3) is 0.240. The fourth-order valence-corrected chi connectivity index (χ4v) is 5.54. The van der Waals surface area contributed by atoms with Crippen LogP contribution < -0.4 is 9.62 Å². The van der Waals surface area contributed by atoms with E-state index in [1.54, 1.807) is 17.8 Å². The number of sulfonamides is 1. The van der Waals surface area contributed by atoms with Crippen molar-refractivity contribution in [1.29, 1.82) is 0 Å². The molecule has 3 aromatic carbocycles. The van der Waals surface area contributed by atoms with Crippen LogP contribution >= 0.6 is 11.8 Å². The zero-order valence-electron chi connectivity index (χ0n) is 18.7. The Bertz CT molecular complexity index is 1190. The third kappa shape index (κ3) is 5.72. The number of rotatable bonds is 8. The van der Waals surface area contributed by atoms with Crippen molar-refractivity contribution in [1.82, 2.24) is 0 Å². The zero-order chi connectivity index (χ0) is 23.3. The summed E-state index contributed by atoms with van der Waals surface area (Å²) in [5.41, 5.74) is 3.17. The van der Waals surface area contributed by atoms with E-state index in [0.29, 0.717) is 17.8 Å². The first kappa shape index (κ1) is 23.9. The maximum Gasteiger partial charge on any atom is 0.248 e. The summed E-state index contributed by atoms with van der Waals surface area (Å²) >= 11 is 1.54. The van der Waals surface area contributed by atoms with Gasteiger partial charge in [0.15, 0.2) is 0 Å². The number of aryl methyl sites for hydroxylation is 2. The smallest absolute Gasteiger partial charge is 0.248 e. The van der Waals surface area contributed by atoms with E-state index >= 15 is 0 Å². The Morgan fingerprint density at radius 3 is 2.25 bits per heavy atom. The molecule has 1 atom stereocenters. The molecule has 168 valence electrons. The number of amides is 1. The molecule has 1 amide bonds. The van der Waals surface area contributed by atoms with Crippen LogP contribution in [0.3, 0.4) is 0 Å². The molecule has 32 heavy (non-hydrogen) atoms. The zero-order valence-corrected chi connectivity index (χ0v) is 20.3. The van der Waals surface area contributed by atoms with Crippen molar-refractivity contribution in [3.63, 3.8) is 0 Å². The van der Waals surface area contributed by atoms with Crippen LogP contribution in [0.25, 0.3) is 0 Å². The Morgan fingerprint density at radius 1 is 0.969 bits per heavy atom. The van der Waals surface area contributed by atoms with Gasteiger partial charge in [-0.2, -0.15) is 0 Å². The Labute approximate surface area is 194 Å². The van der Waals surface area contributed by atoms with Crippen molar-refractivity contribution in [2.75, 3.05) is 15.9 Å². The number of nitrogens with one attached hydrogen (secondary N) is 1. The Hall–Kier alpha value is -2.77. The van der Waals surface area contributed by atoms with Crippen molar-refractivity contribution in [2.24, 2.45) is 0 Å². The van der Waals surface area contributed by atoms with Gasteiger partial charge in [0.2, 0.25) is 15.9 Å². The molecular formula is C25H28N2O3S2. The summed E-state index contributed by atoms with van der Waals surface area (Å²) < 4.78 is 26.7. The van der Waals surface area contributed by atoms with Crippen LogP contribution in [-0.2, 0) is 14.8 Å². The summed E-state index contributed by atoms with van der Waals surface area (Å²) in [6, 6.07) is 22.0. The highest BCUT2D eigenvalue weighted by atomic mass is 32.2. The number of hydrogen-bond donors (Lipinski definition) is 1.